The smallest absolute Gasteiger partial charge is 0.257 e. The van der Waals surface area contributed by atoms with Crippen molar-refractivity contribution in [3.05, 3.63) is 28.2 Å². The minimum Gasteiger partial charge on any atom is -0.482 e. The fourth-order valence-electron chi connectivity index (χ4n) is 1.36. The number of hydrogen-bond acceptors (Lipinski definition) is 3. The summed E-state index contributed by atoms with van der Waals surface area (Å²) in [6, 6.07) is 5.14. The molecule has 0 fully saturated rings. The first kappa shape index (κ1) is 14.7. The summed E-state index contributed by atoms with van der Waals surface area (Å²) in [6.07, 6.45) is 2.68. The standard InChI is InChI=1S/C13H16BrNO3/c1-2-3-7-15-12(17)9-18-13-10(8-16)5-4-6-11(13)14/h4-6,8H,2-3,7,9H2,1H3,(H,15,17). The van der Waals surface area contributed by atoms with E-state index in [0.717, 1.165) is 12.8 Å². The number of carbonyl (C=O) groups excluding carboxylic acids is 2. The zero-order valence-corrected chi connectivity index (χ0v) is 11.8. The van der Waals surface area contributed by atoms with Crippen LogP contribution < -0.4 is 10.1 Å². The Morgan fingerprint density at radius 3 is 2.94 bits per heavy atom. The van der Waals surface area contributed by atoms with Crippen molar-refractivity contribution in [2.75, 3.05) is 13.2 Å². The van der Waals surface area contributed by atoms with Crippen LogP contribution in [-0.4, -0.2) is 25.3 Å². The summed E-state index contributed by atoms with van der Waals surface area (Å²) < 4.78 is 6.02. The molecular formula is C13H16BrNO3. The fraction of sp³-hybridized carbons (Fsp3) is 0.385. The van der Waals surface area contributed by atoms with Gasteiger partial charge >= 0.3 is 0 Å². The molecule has 98 valence electrons. The Labute approximate surface area is 115 Å². The van der Waals surface area contributed by atoms with Crippen LogP contribution in [0.4, 0.5) is 0 Å². The van der Waals surface area contributed by atoms with Crippen LogP contribution in [0.5, 0.6) is 5.75 Å². The van der Waals surface area contributed by atoms with Crippen LogP contribution >= 0.6 is 15.9 Å². The summed E-state index contributed by atoms with van der Waals surface area (Å²) in [5.41, 5.74) is 0.422. The molecule has 4 nitrogen and oxygen atoms in total. The molecule has 0 unspecified atom stereocenters. The number of para-hydroxylation sites is 1. The Balaban J connectivity index is 2.53. The third-order valence-corrected chi connectivity index (χ3v) is 2.95. The molecule has 0 radical (unpaired) electrons. The van der Waals surface area contributed by atoms with Crippen molar-refractivity contribution in [2.24, 2.45) is 0 Å². The van der Waals surface area contributed by atoms with Gasteiger partial charge < -0.3 is 10.1 Å². The Bertz CT molecular complexity index is 421. The van der Waals surface area contributed by atoms with Crippen molar-refractivity contribution in [1.82, 2.24) is 5.32 Å². The number of rotatable bonds is 7. The van der Waals surface area contributed by atoms with Crippen LogP contribution in [0.3, 0.4) is 0 Å². The van der Waals surface area contributed by atoms with Gasteiger partial charge in [-0.1, -0.05) is 19.4 Å². The minimum atomic E-state index is -0.184. The van der Waals surface area contributed by atoms with Gasteiger partial charge in [-0.3, -0.25) is 9.59 Å². The number of benzene rings is 1. The van der Waals surface area contributed by atoms with Gasteiger partial charge in [0, 0.05) is 6.54 Å². The Kier molecular flexibility index (Phi) is 6.43. The second kappa shape index (κ2) is 7.87. The first-order valence-electron chi connectivity index (χ1n) is 5.82. The Hall–Kier alpha value is -1.36. The summed E-state index contributed by atoms with van der Waals surface area (Å²) in [5.74, 6) is 0.217. The van der Waals surface area contributed by atoms with Crippen molar-refractivity contribution in [3.63, 3.8) is 0 Å². The van der Waals surface area contributed by atoms with Gasteiger partial charge in [-0.15, -0.1) is 0 Å². The maximum absolute atomic E-state index is 11.5. The third-order valence-electron chi connectivity index (χ3n) is 2.32. The first-order valence-corrected chi connectivity index (χ1v) is 6.61. The lowest BCUT2D eigenvalue weighted by molar-refractivity contribution is -0.123. The molecule has 0 saturated carbocycles. The van der Waals surface area contributed by atoms with E-state index in [1.807, 2.05) is 0 Å². The number of unbranched alkanes of at least 4 members (excludes halogenated alkanes) is 1. The van der Waals surface area contributed by atoms with E-state index >= 15 is 0 Å². The first-order chi connectivity index (χ1) is 8.69. The van der Waals surface area contributed by atoms with Crippen molar-refractivity contribution in [2.45, 2.75) is 19.8 Å². The third kappa shape index (κ3) is 4.49. The summed E-state index contributed by atoms with van der Waals surface area (Å²) in [6.45, 7) is 2.61. The molecule has 0 saturated heterocycles. The monoisotopic (exact) mass is 313 g/mol. The Morgan fingerprint density at radius 2 is 2.28 bits per heavy atom. The summed E-state index contributed by atoms with van der Waals surface area (Å²) in [4.78, 5) is 22.3. The number of hydrogen-bond donors (Lipinski definition) is 1. The van der Waals surface area contributed by atoms with E-state index in [4.69, 9.17) is 4.74 Å². The number of aldehydes is 1. The minimum absolute atomic E-state index is 0.0901. The van der Waals surface area contributed by atoms with Crippen LogP contribution in [0.2, 0.25) is 0 Å². The predicted octanol–water partition coefficient (Wildman–Crippen LogP) is 2.56. The molecule has 0 bridgehead atoms. The summed E-state index contributed by atoms with van der Waals surface area (Å²) in [5, 5.41) is 2.74. The van der Waals surface area contributed by atoms with E-state index in [2.05, 4.69) is 28.2 Å². The molecule has 1 aromatic rings. The number of halogens is 1. The molecule has 0 aromatic heterocycles. The highest BCUT2D eigenvalue weighted by molar-refractivity contribution is 9.10. The van der Waals surface area contributed by atoms with Gasteiger partial charge in [-0.2, -0.15) is 0 Å². The van der Waals surface area contributed by atoms with E-state index in [-0.39, 0.29) is 12.5 Å². The fourth-order valence-corrected chi connectivity index (χ4v) is 1.86. The SMILES string of the molecule is CCCCNC(=O)COc1c(Br)cccc1C=O. The second-order valence-corrected chi connectivity index (χ2v) is 4.62. The van der Waals surface area contributed by atoms with Crippen molar-refractivity contribution >= 4 is 28.1 Å². The van der Waals surface area contributed by atoms with Gasteiger partial charge in [0.2, 0.25) is 0 Å². The number of nitrogens with one attached hydrogen (secondary N) is 1. The lowest BCUT2D eigenvalue weighted by Crippen LogP contribution is -2.29. The summed E-state index contributed by atoms with van der Waals surface area (Å²) in [7, 11) is 0. The molecule has 1 aromatic carbocycles. The quantitative estimate of drug-likeness (QED) is 0.621. The molecular weight excluding hydrogens is 298 g/mol. The van der Waals surface area contributed by atoms with Gasteiger partial charge in [-0.05, 0) is 34.5 Å². The van der Waals surface area contributed by atoms with Crippen LogP contribution in [0.1, 0.15) is 30.1 Å². The van der Waals surface area contributed by atoms with Gasteiger partial charge in [0.05, 0.1) is 10.0 Å². The van der Waals surface area contributed by atoms with E-state index < -0.39 is 0 Å². The molecule has 0 aliphatic carbocycles. The average Bonchev–Trinajstić information content (AvgIpc) is 2.37. The van der Waals surface area contributed by atoms with E-state index in [9.17, 15) is 9.59 Å². The van der Waals surface area contributed by atoms with Crippen molar-refractivity contribution in [1.29, 1.82) is 0 Å². The molecule has 0 aliphatic rings. The summed E-state index contributed by atoms with van der Waals surface area (Å²) >= 11 is 3.29. The van der Waals surface area contributed by atoms with Crippen LogP contribution in [0.25, 0.3) is 0 Å². The normalized spacial score (nSPS) is 9.89. The van der Waals surface area contributed by atoms with Gasteiger partial charge in [0.25, 0.3) is 5.91 Å². The second-order valence-electron chi connectivity index (χ2n) is 3.77. The topological polar surface area (TPSA) is 55.4 Å². The predicted molar refractivity (Wildman–Crippen MR) is 72.9 cm³/mol. The molecule has 0 spiro atoms. The molecule has 0 aliphatic heterocycles. The van der Waals surface area contributed by atoms with E-state index in [1.54, 1.807) is 18.2 Å². The zero-order chi connectivity index (χ0) is 13.4. The number of amides is 1. The highest BCUT2D eigenvalue weighted by Crippen LogP contribution is 2.27. The molecule has 1 N–H and O–H groups in total. The van der Waals surface area contributed by atoms with E-state index in [0.29, 0.717) is 28.6 Å². The molecule has 1 amide bonds. The largest absolute Gasteiger partial charge is 0.482 e. The average molecular weight is 314 g/mol. The maximum Gasteiger partial charge on any atom is 0.257 e. The molecule has 18 heavy (non-hydrogen) atoms. The number of carbonyl (C=O) groups is 2. The Morgan fingerprint density at radius 1 is 1.50 bits per heavy atom. The van der Waals surface area contributed by atoms with Gasteiger partial charge in [-0.25, -0.2) is 0 Å². The van der Waals surface area contributed by atoms with Gasteiger partial charge in [0.15, 0.2) is 12.9 Å². The zero-order valence-electron chi connectivity index (χ0n) is 10.2. The highest BCUT2D eigenvalue weighted by Gasteiger charge is 2.09. The molecule has 0 heterocycles. The molecule has 0 atom stereocenters. The van der Waals surface area contributed by atoms with Crippen LogP contribution in [0.15, 0.2) is 22.7 Å². The molecule has 5 heteroatoms. The maximum atomic E-state index is 11.5. The lowest BCUT2D eigenvalue weighted by atomic mass is 10.2. The van der Waals surface area contributed by atoms with Crippen LogP contribution in [-0.2, 0) is 4.79 Å². The van der Waals surface area contributed by atoms with Crippen molar-refractivity contribution in [3.8, 4) is 5.75 Å². The molecule has 1 rings (SSSR count). The highest BCUT2D eigenvalue weighted by atomic mass is 79.9. The van der Waals surface area contributed by atoms with E-state index in [1.165, 1.54) is 0 Å². The number of ether oxygens (including phenoxy) is 1. The van der Waals surface area contributed by atoms with Gasteiger partial charge in [0.1, 0.15) is 5.75 Å². The van der Waals surface area contributed by atoms with Crippen LogP contribution in [0, 0.1) is 0 Å². The lowest BCUT2D eigenvalue weighted by Gasteiger charge is -2.10. The van der Waals surface area contributed by atoms with Crippen molar-refractivity contribution < 1.29 is 14.3 Å².